The molecule has 0 aliphatic rings. The highest BCUT2D eigenvalue weighted by Crippen LogP contribution is 2.11. The lowest BCUT2D eigenvalue weighted by Gasteiger charge is -2.18. The second-order valence-corrected chi connectivity index (χ2v) is 3.66. The SMILES string of the molecule is CCN(CCO)Cc1ccc(Cl)cc1. The average Bonchev–Trinajstić information content (AvgIpc) is 2.20. The van der Waals surface area contributed by atoms with Crippen molar-refractivity contribution in [1.82, 2.24) is 4.90 Å². The van der Waals surface area contributed by atoms with Gasteiger partial charge in [0, 0.05) is 18.1 Å². The molecule has 0 unspecified atom stereocenters. The summed E-state index contributed by atoms with van der Waals surface area (Å²) >= 11 is 5.79. The zero-order valence-electron chi connectivity index (χ0n) is 8.41. The second kappa shape index (κ2) is 6.02. The molecule has 0 fully saturated rings. The van der Waals surface area contributed by atoms with Crippen LogP contribution in [0.25, 0.3) is 0 Å². The van der Waals surface area contributed by atoms with Gasteiger partial charge < -0.3 is 5.11 Å². The molecule has 2 nitrogen and oxygen atoms in total. The van der Waals surface area contributed by atoms with Gasteiger partial charge in [0.05, 0.1) is 6.61 Å². The van der Waals surface area contributed by atoms with Crippen LogP contribution in [0.4, 0.5) is 0 Å². The van der Waals surface area contributed by atoms with Gasteiger partial charge in [0.2, 0.25) is 0 Å². The van der Waals surface area contributed by atoms with E-state index in [1.54, 1.807) is 0 Å². The van der Waals surface area contributed by atoms with E-state index in [1.165, 1.54) is 5.56 Å². The van der Waals surface area contributed by atoms with Crippen LogP contribution in [0.1, 0.15) is 12.5 Å². The Morgan fingerprint density at radius 1 is 1.29 bits per heavy atom. The van der Waals surface area contributed by atoms with Gasteiger partial charge in [0.1, 0.15) is 0 Å². The fourth-order valence-corrected chi connectivity index (χ4v) is 1.46. The number of hydrogen-bond donors (Lipinski definition) is 1. The van der Waals surface area contributed by atoms with E-state index in [1.807, 2.05) is 24.3 Å². The minimum Gasteiger partial charge on any atom is -0.395 e. The lowest BCUT2D eigenvalue weighted by molar-refractivity contribution is 0.197. The number of nitrogens with zero attached hydrogens (tertiary/aromatic N) is 1. The highest BCUT2D eigenvalue weighted by atomic mass is 35.5. The quantitative estimate of drug-likeness (QED) is 0.811. The molecule has 3 heteroatoms. The van der Waals surface area contributed by atoms with Crippen molar-refractivity contribution < 1.29 is 5.11 Å². The van der Waals surface area contributed by atoms with E-state index in [9.17, 15) is 0 Å². The van der Waals surface area contributed by atoms with Gasteiger partial charge in [0.15, 0.2) is 0 Å². The molecule has 1 aromatic carbocycles. The summed E-state index contributed by atoms with van der Waals surface area (Å²) in [5, 5.41) is 9.59. The zero-order valence-corrected chi connectivity index (χ0v) is 9.17. The van der Waals surface area contributed by atoms with Crippen LogP contribution in [0.2, 0.25) is 5.02 Å². The fraction of sp³-hybridized carbons (Fsp3) is 0.455. The van der Waals surface area contributed by atoms with Gasteiger partial charge in [-0.25, -0.2) is 0 Å². The highest BCUT2D eigenvalue weighted by Gasteiger charge is 2.02. The van der Waals surface area contributed by atoms with Crippen molar-refractivity contribution in [3.8, 4) is 0 Å². The van der Waals surface area contributed by atoms with Crippen molar-refractivity contribution in [3.63, 3.8) is 0 Å². The van der Waals surface area contributed by atoms with Crippen LogP contribution >= 0.6 is 11.6 Å². The molecule has 78 valence electrons. The Morgan fingerprint density at radius 2 is 1.93 bits per heavy atom. The van der Waals surface area contributed by atoms with Gasteiger partial charge in [-0.15, -0.1) is 0 Å². The molecule has 0 atom stereocenters. The molecule has 1 N–H and O–H groups in total. The Labute approximate surface area is 90.1 Å². The smallest absolute Gasteiger partial charge is 0.0558 e. The van der Waals surface area contributed by atoms with E-state index in [0.29, 0.717) is 0 Å². The monoisotopic (exact) mass is 213 g/mol. The Bertz CT molecular complexity index is 260. The Hall–Kier alpha value is -0.570. The largest absolute Gasteiger partial charge is 0.395 e. The van der Waals surface area contributed by atoms with Crippen LogP contribution in [0, 0.1) is 0 Å². The van der Waals surface area contributed by atoms with Crippen LogP contribution in [0.5, 0.6) is 0 Å². The van der Waals surface area contributed by atoms with Crippen LogP contribution < -0.4 is 0 Å². The molecule has 1 rings (SSSR count). The van der Waals surface area contributed by atoms with Crippen molar-refractivity contribution in [2.75, 3.05) is 19.7 Å². The third-order valence-corrected chi connectivity index (χ3v) is 2.43. The Kier molecular flexibility index (Phi) is 4.94. The number of aliphatic hydroxyl groups excluding tert-OH is 1. The molecular weight excluding hydrogens is 198 g/mol. The van der Waals surface area contributed by atoms with Crippen LogP contribution in [-0.2, 0) is 6.54 Å². The molecule has 0 saturated heterocycles. The van der Waals surface area contributed by atoms with Gasteiger partial charge in [-0.05, 0) is 24.2 Å². The third-order valence-electron chi connectivity index (χ3n) is 2.18. The van der Waals surface area contributed by atoms with E-state index in [2.05, 4.69) is 11.8 Å². The maximum Gasteiger partial charge on any atom is 0.0558 e. The molecule has 0 aromatic heterocycles. The first kappa shape index (κ1) is 11.5. The van der Waals surface area contributed by atoms with Crippen molar-refractivity contribution in [1.29, 1.82) is 0 Å². The fourth-order valence-electron chi connectivity index (χ4n) is 1.34. The number of hydrogen-bond acceptors (Lipinski definition) is 2. The predicted molar refractivity (Wildman–Crippen MR) is 59.5 cm³/mol. The molecule has 0 saturated carbocycles. The van der Waals surface area contributed by atoms with E-state index < -0.39 is 0 Å². The number of halogens is 1. The minimum absolute atomic E-state index is 0.210. The molecule has 0 radical (unpaired) electrons. The molecule has 0 aliphatic heterocycles. The lowest BCUT2D eigenvalue weighted by Crippen LogP contribution is -2.25. The van der Waals surface area contributed by atoms with Crippen LogP contribution in [-0.4, -0.2) is 29.7 Å². The molecule has 0 spiro atoms. The predicted octanol–water partition coefficient (Wildman–Crippen LogP) is 2.15. The van der Waals surface area contributed by atoms with Crippen LogP contribution in [0.15, 0.2) is 24.3 Å². The first-order valence-electron chi connectivity index (χ1n) is 4.84. The van der Waals surface area contributed by atoms with E-state index in [0.717, 1.165) is 24.7 Å². The third kappa shape index (κ3) is 3.66. The molecule has 0 amide bonds. The molecule has 14 heavy (non-hydrogen) atoms. The summed E-state index contributed by atoms with van der Waals surface area (Å²) in [6.45, 7) is 4.84. The van der Waals surface area contributed by atoms with E-state index >= 15 is 0 Å². The zero-order chi connectivity index (χ0) is 10.4. The first-order chi connectivity index (χ1) is 6.76. The van der Waals surface area contributed by atoms with Gasteiger partial charge >= 0.3 is 0 Å². The molecular formula is C11H16ClNO. The first-order valence-corrected chi connectivity index (χ1v) is 5.21. The van der Waals surface area contributed by atoms with Gasteiger partial charge in [-0.2, -0.15) is 0 Å². The Morgan fingerprint density at radius 3 is 2.43 bits per heavy atom. The van der Waals surface area contributed by atoms with Gasteiger partial charge in [-0.1, -0.05) is 30.7 Å². The molecule has 0 heterocycles. The maximum absolute atomic E-state index is 8.83. The molecule has 0 bridgehead atoms. The minimum atomic E-state index is 0.210. The highest BCUT2D eigenvalue weighted by molar-refractivity contribution is 6.30. The number of benzene rings is 1. The van der Waals surface area contributed by atoms with Gasteiger partial charge in [-0.3, -0.25) is 4.90 Å². The summed E-state index contributed by atoms with van der Waals surface area (Å²) in [7, 11) is 0. The number of aliphatic hydroxyl groups is 1. The van der Waals surface area contributed by atoms with Gasteiger partial charge in [0.25, 0.3) is 0 Å². The standard InChI is InChI=1S/C11H16ClNO/c1-2-13(7-8-14)9-10-3-5-11(12)6-4-10/h3-6,14H,2,7-9H2,1H3. The van der Waals surface area contributed by atoms with Crippen molar-refractivity contribution >= 4 is 11.6 Å². The summed E-state index contributed by atoms with van der Waals surface area (Å²) in [5.41, 5.74) is 1.23. The van der Waals surface area contributed by atoms with Crippen molar-refractivity contribution in [2.24, 2.45) is 0 Å². The maximum atomic E-state index is 8.83. The van der Waals surface area contributed by atoms with E-state index in [-0.39, 0.29) is 6.61 Å². The normalized spacial score (nSPS) is 10.9. The summed E-state index contributed by atoms with van der Waals surface area (Å²) in [5.74, 6) is 0. The van der Waals surface area contributed by atoms with Crippen molar-refractivity contribution in [3.05, 3.63) is 34.9 Å². The second-order valence-electron chi connectivity index (χ2n) is 3.22. The number of rotatable bonds is 5. The Balaban J connectivity index is 2.53. The lowest BCUT2D eigenvalue weighted by atomic mass is 10.2. The summed E-state index contributed by atoms with van der Waals surface area (Å²) in [4.78, 5) is 2.18. The summed E-state index contributed by atoms with van der Waals surface area (Å²) in [6, 6.07) is 7.82. The van der Waals surface area contributed by atoms with Crippen molar-refractivity contribution in [2.45, 2.75) is 13.5 Å². The summed E-state index contributed by atoms with van der Waals surface area (Å²) < 4.78 is 0. The average molecular weight is 214 g/mol. The summed E-state index contributed by atoms with van der Waals surface area (Å²) in [6.07, 6.45) is 0. The van der Waals surface area contributed by atoms with E-state index in [4.69, 9.17) is 16.7 Å². The number of likely N-dealkylation sites (N-methyl/N-ethyl adjacent to an activating group) is 1. The molecule has 0 aliphatic carbocycles. The molecule has 1 aromatic rings. The van der Waals surface area contributed by atoms with Crippen LogP contribution in [0.3, 0.4) is 0 Å². The topological polar surface area (TPSA) is 23.5 Å².